The van der Waals surface area contributed by atoms with Gasteiger partial charge in [0, 0.05) is 35.0 Å². The number of non-ortho nitro benzene ring substituents is 2. The molecule has 34 heavy (non-hydrogen) atoms. The molecule has 12 heteroatoms. The predicted molar refractivity (Wildman–Crippen MR) is 114 cm³/mol. The SMILES string of the molecule is O=C1C=Cc2cc([N+](=O)[O-])ccc2C12Oc1ccc3cc([N+](=O)[O-])ccc3c1-c1no[n+]([O-])c12. The molecule has 6 rings (SSSR count). The number of ether oxygens (including phenoxy) is 1. The fourth-order valence-corrected chi connectivity index (χ4v) is 4.55. The molecule has 3 aromatic carbocycles. The van der Waals surface area contributed by atoms with E-state index in [4.69, 9.17) is 9.37 Å². The van der Waals surface area contributed by atoms with Crippen LogP contribution in [0.5, 0.6) is 5.75 Å². The molecule has 0 fully saturated rings. The number of aromatic nitrogens is 2. The molecular formula is C22H10N4O8. The van der Waals surface area contributed by atoms with E-state index in [-0.39, 0.29) is 39.0 Å². The number of carbonyl (C=O) groups excluding carboxylic acids is 1. The van der Waals surface area contributed by atoms with Crippen molar-refractivity contribution in [1.29, 1.82) is 0 Å². The Balaban J connectivity index is 1.65. The van der Waals surface area contributed by atoms with Crippen molar-refractivity contribution in [3.05, 3.63) is 96.9 Å². The van der Waals surface area contributed by atoms with Gasteiger partial charge < -0.3 is 9.94 Å². The smallest absolute Gasteiger partial charge is 0.270 e. The van der Waals surface area contributed by atoms with Crippen LogP contribution in [0.25, 0.3) is 28.1 Å². The maximum absolute atomic E-state index is 13.3. The van der Waals surface area contributed by atoms with E-state index in [0.717, 1.165) is 0 Å². The van der Waals surface area contributed by atoms with Gasteiger partial charge in [-0.1, -0.05) is 12.1 Å². The van der Waals surface area contributed by atoms with E-state index in [1.165, 1.54) is 54.6 Å². The van der Waals surface area contributed by atoms with Gasteiger partial charge >= 0.3 is 0 Å². The van der Waals surface area contributed by atoms with E-state index in [1.807, 2.05) is 0 Å². The van der Waals surface area contributed by atoms with Crippen LogP contribution in [0.3, 0.4) is 0 Å². The van der Waals surface area contributed by atoms with Gasteiger partial charge in [0.2, 0.25) is 5.78 Å². The Morgan fingerprint density at radius 2 is 1.68 bits per heavy atom. The zero-order valence-corrected chi connectivity index (χ0v) is 16.8. The second-order valence-electron chi connectivity index (χ2n) is 7.74. The van der Waals surface area contributed by atoms with Crippen LogP contribution < -0.4 is 9.64 Å². The van der Waals surface area contributed by atoms with E-state index < -0.39 is 21.2 Å². The normalized spacial score (nSPS) is 17.7. The molecule has 0 saturated heterocycles. The van der Waals surface area contributed by atoms with Crippen LogP contribution in [0.1, 0.15) is 16.8 Å². The lowest BCUT2D eigenvalue weighted by Crippen LogP contribution is -2.52. The highest BCUT2D eigenvalue weighted by Crippen LogP contribution is 2.51. The monoisotopic (exact) mass is 458 g/mol. The first-order chi connectivity index (χ1) is 16.3. The summed E-state index contributed by atoms with van der Waals surface area (Å²) >= 11 is 0. The molecule has 166 valence electrons. The van der Waals surface area contributed by atoms with Crippen LogP contribution in [-0.2, 0) is 10.4 Å². The molecule has 1 aromatic heterocycles. The Labute approximate surface area is 188 Å². The van der Waals surface area contributed by atoms with Crippen LogP contribution in [0, 0.1) is 25.4 Å². The lowest BCUT2D eigenvalue weighted by Gasteiger charge is -2.36. The number of nitro groups is 2. The second-order valence-corrected chi connectivity index (χ2v) is 7.74. The van der Waals surface area contributed by atoms with E-state index in [2.05, 4.69) is 5.16 Å². The standard InChI is InChI=1S/C22H10N4O8/c27-18-8-2-12-10-14(25(30)31)4-6-16(12)22(18)21-20(23-34-26(21)32)19-15-5-3-13(24(28)29)9-11(15)1-7-17(19)33-22/h1-10H. The van der Waals surface area contributed by atoms with Crippen molar-refractivity contribution in [2.75, 3.05) is 0 Å². The third kappa shape index (κ3) is 2.38. The third-order valence-electron chi connectivity index (χ3n) is 6.01. The molecular weight excluding hydrogens is 448 g/mol. The molecule has 0 saturated carbocycles. The zero-order valence-electron chi connectivity index (χ0n) is 16.8. The van der Waals surface area contributed by atoms with Gasteiger partial charge in [-0.2, -0.15) is 0 Å². The van der Waals surface area contributed by atoms with Crippen molar-refractivity contribution in [2.45, 2.75) is 5.60 Å². The summed E-state index contributed by atoms with van der Waals surface area (Å²) in [4.78, 5) is 34.7. The first-order valence-corrected chi connectivity index (χ1v) is 9.83. The van der Waals surface area contributed by atoms with Gasteiger partial charge in [0.15, 0.2) is 0 Å². The van der Waals surface area contributed by atoms with Crippen molar-refractivity contribution in [2.24, 2.45) is 0 Å². The van der Waals surface area contributed by atoms with Crippen LogP contribution in [0.4, 0.5) is 11.4 Å². The molecule has 0 N–H and O–H groups in total. The highest BCUT2D eigenvalue weighted by molar-refractivity contribution is 6.09. The summed E-state index contributed by atoms with van der Waals surface area (Å²) in [6.45, 7) is 0. The molecule has 12 nitrogen and oxygen atoms in total. The van der Waals surface area contributed by atoms with Gasteiger partial charge in [-0.25, -0.2) is 0 Å². The third-order valence-corrected chi connectivity index (χ3v) is 6.01. The number of nitrogens with zero attached hydrogens (tertiary/aromatic N) is 4. The molecule has 1 unspecified atom stereocenters. The Hall–Kier alpha value is -5.13. The molecule has 0 radical (unpaired) electrons. The quantitative estimate of drug-likeness (QED) is 0.249. The minimum atomic E-state index is -1.99. The molecule has 4 aromatic rings. The molecule has 2 heterocycles. The van der Waals surface area contributed by atoms with E-state index in [9.17, 15) is 30.2 Å². The number of ketones is 1. The number of fused-ring (bicyclic) bond motifs is 8. The van der Waals surface area contributed by atoms with Crippen molar-refractivity contribution >= 4 is 34.0 Å². The Morgan fingerprint density at radius 3 is 2.44 bits per heavy atom. The maximum atomic E-state index is 13.3. The predicted octanol–water partition coefficient (Wildman–Crippen LogP) is 3.18. The Morgan fingerprint density at radius 1 is 0.941 bits per heavy atom. The van der Waals surface area contributed by atoms with E-state index >= 15 is 0 Å². The summed E-state index contributed by atoms with van der Waals surface area (Å²) < 4.78 is 11.1. The molecule has 1 aliphatic heterocycles. The highest BCUT2D eigenvalue weighted by Gasteiger charge is 2.58. The van der Waals surface area contributed by atoms with Gasteiger partial charge in [-0.15, -0.1) is 0 Å². The lowest BCUT2D eigenvalue weighted by molar-refractivity contribution is -0.810. The average Bonchev–Trinajstić information content (AvgIpc) is 3.22. The Kier molecular flexibility index (Phi) is 3.71. The maximum Gasteiger partial charge on any atom is 0.270 e. The summed E-state index contributed by atoms with van der Waals surface area (Å²) in [5, 5.41) is 40.1. The average molecular weight is 458 g/mol. The largest absolute Gasteiger partial charge is 0.464 e. The van der Waals surface area contributed by atoms with Crippen LogP contribution >= 0.6 is 0 Å². The summed E-state index contributed by atoms with van der Waals surface area (Å²) in [5.74, 6) is -0.409. The molecule has 1 aliphatic carbocycles. The van der Waals surface area contributed by atoms with Gasteiger partial charge in [0.05, 0.1) is 15.4 Å². The molecule has 0 bridgehead atoms. The number of rotatable bonds is 2. The summed E-state index contributed by atoms with van der Waals surface area (Å²) in [6.07, 6.45) is 2.59. The van der Waals surface area contributed by atoms with Crippen LogP contribution in [-0.4, -0.2) is 20.8 Å². The van der Waals surface area contributed by atoms with Gasteiger partial charge in [-0.3, -0.25) is 29.7 Å². The number of benzene rings is 3. The number of hydrogen-bond donors (Lipinski definition) is 0. The van der Waals surface area contributed by atoms with E-state index in [0.29, 0.717) is 21.9 Å². The first-order valence-electron chi connectivity index (χ1n) is 9.83. The van der Waals surface area contributed by atoms with Crippen molar-refractivity contribution in [3.8, 4) is 17.0 Å². The van der Waals surface area contributed by atoms with Gasteiger partial charge in [0.1, 0.15) is 5.75 Å². The van der Waals surface area contributed by atoms with Crippen LogP contribution in [0.15, 0.2) is 59.2 Å². The summed E-state index contributed by atoms with van der Waals surface area (Å²) in [5.41, 5.74) is -1.65. The fraction of sp³-hybridized carbons (Fsp3) is 0.0455. The van der Waals surface area contributed by atoms with Crippen molar-refractivity contribution < 1.29 is 28.9 Å². The minimum Gasteiger partial charge on any atom is -0.464 e. The molecule has 1 atom stereocenters. The van der Waals surface area contributed by atoms with Gasteiger partial charge in [0.25, 0.3) is 28.4 Å². The van der Waals surface area contributed by atoms with Crippen molar-refractivity contribution in [1.82, 2.24) is 5.16 Å². The molecule has 1 spiro atoms. The van der Waals surface area contributed by atoms with Crippen LogP contribution in [0.2, 0.25) is 0 Å². The zero-order chi connectivity index (χ0) is 23.8. The number of hydrogen-bond acceptors (Lipinski definition) is 9. The molecule has 2 aliphatic rings. The summed E-state index contributed by atoms with van der Waals surface area (Å²) in [6, 6.07) is 11.1. The topological polar surface area (TPSA) is 166 Å². The molecule has 0 amide bonds. The fourth-order valence-electron chi connectivity index (χ4n) is 4.55. The van der Waals surface area contributed by atoms with E-state index in [1.54, 1.807) is 6.07 Å². The second kappa shape index (κ2) is 6.45. The first kappa shape index (κ1) is 19.5. The number of nitro benzene ring substituents is 2. The summed E-state index contributed by atoms with van der Waals surface area (Å²) in [7, 11) is 0. The lowest BCUT2D eigenvalue weighted by atomic mass is 9.76. The highest BCUT2D eigenvalue weighted by atomic mass is 16.8. The Bertz CT molecular complexity index is 1640. The van der Waals surface area contributed by atoms with Gasteiger partial charge in [-0.05, 0) is 45.5 Å². The number of carbonyl (C=O) groups is 1. The minimum absolute atomic E-state index is 0.0312. The van der Waals surface area contributed by atoms with Crippen molar-refractivity contribution in [3.63, 3.8) is 0 Å².